The van der Waals surface area contributed by atoms with Gasteiger partial charge in [-0.15, -0.1) is 0 Å². The van der Waals surface area contributed by atoms with Crippen molar-refractivity contribution in [2.45, 2.75) is 6.92 Å². The molecule has 0 aliphatic rings. The zero-order chi connectivity index (χ0) is 10.7. The Morgan fingerprint density at radius 3 is 2.64 bits per heavy atom. The van der Waals surface area contributed by atoms with Crippen LogP contribution in [-0.2, 0) is 0 Å². The Kier molecular flexibility index (Phi) is 2.67. The fourth-order valence-corrected chi connectivity index (χ4v) is 1.19. The summed E-state index contributed by atoms with van der Waals surface area (Å²) in [7, 11) is 1.31. The largest absolute Gasteiger partial charge is 0.489 e. The van der Waals surface area contributed by atoms with Crippen LogP contribution in [0.25, 0.3) is 0 Å². The van der Waals surface area contributed by atoms with Crippen molar-refractivity contribution < 1.29 is 9.66 Å². The normalized spacial score (nSPS) is 9.21. The van der Waals surface area contributed by atoms with E-state index in [1.165, 1.54) is 19.2 Å². The summed E-state index contributed by atoms with van der Waals surface area (Å²) in [6.07, 6.45) is 0. The molecule has 1 aromatic rings. The molecule has 0 saturated heterocycles. The van der Waals surface area contributed by atoms with Gasteiger partial charge in [-0.3, -0.25) is 10.1 Å². The van der Waals surface area contributed by atoms with Gasteiger partial charge in [0.25, 0.3) is 0 Å². The zero-order valence-electron chi connectivity index (χ0n) is 7.77. The van der Waals surface area contributed by atoms with E-state index in [1.807, 2.05) is 6.07 Å². The first-order valence-electron chi connectivity index (χ1n) is 3.84. The average Bonchev–Trinajstić information content (AvgIpc) is 2.16. The van der Waals surface area contributed by atoms with E-state index in [1.54, 1.807) is 6.92 Å². The van der Waals surface area contributed by atoms with Gasteiger partial charge in [-0.05, 0) is 13.0 Å². The first-order valence-corrected chi connectivity index (χ1v) is 3.84. The van der Waals surface area contributed by atoms with E-state index in [9.17, 15) is 10.1 Å². The molecule has 0 fully saturated rings. The van der Waals surface area contributed by atoms with Crippen molar-refractivity contribution in [2.24, 2.45) is 0 Å². The van der Waals surface area contributed by atoms with Crippen molar-refractivity contribution in [1.29, 1.82) is 5.26 Å². The second-order valence-electron chi connectivity index (χ2n) is 2.68. The van der Waals surface area contributed by atoms with Gasteiger partial charge in [-0.2, -0.15) is 5.26 Å². The van der Waals surface area contributed by atoms with Crippen LogP contribution in [0.15, 0.2) is 12.1 Å². The maximum Gasteiger partial charge on any atom is 0.315 e. The van der Waals surface area contributed by atoms with E-state index in [0.29, 0.717) is 5.56 Å². The minimum Gasteiger partial charge on any atom is -0.489 e. The first-order chi connectivity index (χ1) is 6.61. The van der Waals surface area contributed by atoms with E-state index in [-0.39, 0.29) is 17.0 Å². The van der Waals surface area contributed by atoms with E-state index >= 15 is 0 Å². The fraction of sp³-hybridized carbons (Fsp3) is 0.222. The summed E-state index contributed by atoms with van der Waals surface area (Å²) in [5.41, 5.74) is 0.502. The second kappa shape index (κ2) is 3.75. The van der Waals surface area contributed by atoms with Gasteiger partial charge in [0.2, 0.25) is 5.75 Å². The van der Waals surface area contributed by atoms with Gasteiger partial charge >= 0.3 is 5.69 Å². The molecule has 0 aliphatic heterocycles. The molecule has 0 heterocycles. The number of aryl methyl sites for hydroxylation is 1. The van der Waals surface area contributed by atoms with E-state index < -0.39 is 4.92 Å². The van der Waals surface area contributed by atoms with Crippen LogP contribution in [0.1, 0.15) is 11.1 Å². The molecule has 72 valence electrons. The Bertz CT molecular complexity index is 421. The standard InChI is InChI=1S/C9H8N2O3/c1-6-3-4-7(5-10)9(14-2)8(6)11(12)13/h3-4H,1-2H3. The molecular formula is C9H8N2O3. The third kappa shape index (κ3) is 1.50. The van der Waals surface area contributed by atoms with Crippen molar-refractivity contribution in [3.05, 3.63) is 33.4 Å². The van der Waals surface area contributed by atoms with Crippen molar-refractivity contribution in [3.63, 3.8) is 0 Å². The Morgan fingerprint density at radius 2 is 2.21 bits per heavy atom. The number of rotatable bonds is 2. The highest BCUT2D eigenvalue weighted by molar-refractivity contribution is 5.60. The lowest BCUT2D eigenvalue weighted by Gasteiger charge is -2.05. The molecule has 0 amide bonds. The number of nitrogens with zero attached hydrogens (tertiary/aromatic N) is 2. The average molecular weight is 192 g/mol. The number of hydrogen-bond acceptors (Lipinski definition) is 4. The van der Waals surface area contributed by atoms with Crippen molar-refractivity contribution >= 4 is 5.69 Å². The van der Waals surface area contributed by atoms with Gasteiger partial charge in [-0.25, -0.2) is 0 Å². The van der Waals surface area contributed by atoms with Crippen LogP contribution >= 0.6 is 0 Å². The lowest BCUT2D eigenvalue weighted by Crippen LogP contribution is -1.98. The first kappa shape index (κ1) is 9.99. The number of hydrogen-bond donors (Lipinski definition) is 0. The zero-order valence-corrected chi connectivity index (χ0v) is 7.77. The summed E-state index contributed by atoms with van der Waals surface area (Å²) in [5.74, 6) is 0.0255. The van der Waals surface area contributed by atoms with Gasteiger partial charge in [0, 0.05) is 5.56 Å². The molecule has 0 bridgehead atoms. The van der Waals surface area contributed by atoms with E-state index in [2.05, 4.69) is 0 Å². The van der Waals surface area contributed by atoms with Crippen molar-refractivity contribution in [1.82, 2.24) is 0 Å². The Morgan fingerprint density at radius 1 is 1.57 bits per heavy atom. The number of ether oxygens (including phenoxy) is 1. The molecule has 5 heteroatoms. The van der Waals surface area contributed by atoms with E-state index in [0.717, 1.165) is 0 Å². The molecule has 0 radical (unpaired) electrons. The fourth-order valence-electron chi connectivity index (χ4n) is 1.19. The summed E-state index contributed by atoms with van der Waals surface area (Å²) >= 11 is 0. The highest BCUT2D eigenvalue weighted by Gasteiger charge is 2.21. The maximum absolute atomic E-state index is 10.7. The van der Waals surface area contributed by atoms with Crippen LogP contribution in [0.2, 0.25) is 0 Å². The topological polar surface area (TPSA) is 76.2 Å². The van der Waals surface area contributed by atoms with Gasteiger partial charge < -0.3 is 4.74 Å². The molecule has 0 N–H and O–H groups in total. The molecule has 1 rings (SSSR count). The number of nitriles is 1. The molecule has 1 aromatic carbocycles. The Labute approximate surface area is 80.7 Å². The van der Waals surface area contributed by atoms with E-state index in [4.69, 9.17) is 10.00 Å². The molecule has 14 heavy (non-hydrogen) atoms. The summed E-state index contributed by atoms with van der Waals surface area (Å²) in [5, 5.41) is 19.4. The van der Waals surface area contributed by atoms with Crippen molar-refractivity contribution in [3.8, 4) is 11.8 Å². The van der Waals surface area contributed by atoms with Crippen LogP contribution in [0, 0.1) is 28.4 Å². The summed E-state index contributed by atoms with van der Waals surface area (Å²) < 4.78 is 4.85. The number of nitro benzene ring substituents is 1. The van der Waals surface area contributed by atoms with Crippen LogP contribution in [-0.4, -0.2) is 12.0 Å². The number of benzene rings is 1. The third-order valence-electron chi connectivity index (χ3n) is 1.84. The summed E-state index contributed by atoms with van der Waals surface area (Å²) in [6, 6.07) is 4.87. The number of nitro groups is 1. The highest BCUT2D eigenvalue weighted by Crippen LogP contribution is 2.33. The maximum atomic E-state index is 10.7. The highest BCUT2D eigenvalue weighted by atomic mass is 16.6. The molecule has 5 nitrogen and oxygen atoms in total. The Balaban J connectivity index is 3.53. The minimum atomic E-state index is -0.547. The Hall–Kier alpha value is -2.09. The smallest absolute Gasteiger partial charge is 0.315 e. The van der Waals surface area contributed by atoms with Crippen LogP contribution in [0.5, 0.6) is 5.75 Å². The molecule has 0 aromatic heterocycles. The monoisotopic (exact) mass is 192 g/mol. The molecule has 0 atom stereocenters. The minimum absolute atomic E-state index is 0.0255. The second-order valence-corrected chi connectivity index (χ2v) is 2.68. The quantitative estimate of drug-likeness (QED) is 0.528. The summed E-state index contributed by atoms with van der Waals surface area (Å²) in [6.45, 7) is 1.60. The number of methoxy groups -OCH3 is 1. The molecule has 0 unspecified atom stereocenters. The van der Waals surface area contributed by atoms with Gasteiger partial charge in [0.15, 0.2) is 0 Å². The molecule has 0 aliphatic carbocycles. The van der Waals surface area contributed by atoms with Gasteiger partial charge in [0.1, 0.15) is 11.6 Å². The molecule has 0 saturated carbocycles. The SMILES string of the molecule is COc1c(C#N)ccc(C)c1[N+](=O)[O-]. The van der Waals surface area contributed by atoms with Gasteiger partial charge in [0.05, 0.1) is 12.0 Å². The van der Waals surface area contributed by atoms with Gasteiger partial charge in [-0.1, -0.05) is 6.07 Å². The van der Waals surface area contributed by atoms with Crippen LogP contribution in [0.4, 0.5) is 5.69 Å². The molecule has 0 spiro atoms. The third-order valence-corrected chi connectivity index (χ3v) is 1.84. The molecular weight excluding hydrogens is 184 g/mol. The predicted molar refractivity (Wildman–Crippen MR) is 49.1 cm³/mol. The van der Waals surface area contributed by atoms with Crippen molar-refractivity contribution in [2.75, 3.05) is 7.11 Å². The predicted octanol–water partition coefficient (Wildman–Crippen LogP) is 1.78. The van der Waals surface area contributed by atoms with Crippen LogP contribution in [0.3, 0.4) is 0 Å². The summed E-state index contributed by atoms with van der Waals surface area (Å²) in [4.78, 5) is 10.1. The lowest BCUT2D eigenvalue weighted by molar-refractivity contribution is -0.386. The van der Waals surface area contributed by atoms with Crippen LogP contribution < -0.4 is 4.74 Å². The lowest BCUT2D eigenvalue weighted by atomic mass is 10.1.